The smallest absolute Gasteiger partial charge is 0.256 e. The lowest BCUT2D eigenvalue weighted by Crippen LogP contribution is -2.28. The first-order valence-corrected chi connectivity index (χ1v) is 11.1. The van der Waals surface area contributed by atoms with Crippen LogP contribution >= 0.6 is 27.3 Å². The van der Waals surface area contributed by atoms with Crippen LogP contribution in [0.1, 0.15) is 58.3 Å². The summed E-state index contributed by atoms with van der Waals surface area (Å²) >= 11 is 4.97. The molecule has 1 heterocycles. The monoisotopic (exact) mass is 462 g/mol. The van der Waals surface area contributed by atoms with Gasteiger partial charge in [-0.3, -0.25) is 9.59 Å². The lowest BCUT2D eigenvalue weighted by molar-refractivity contribution is 0.0827. The summed E-state index contributed by atoms with van der Waals surface area (Å²) in [6.45, 7) is 6.83. The molecule has 1 aliphatic carbocycles. The van der Waals surface area contributed by atoms with Crippen molar-refractivity contribution in [2.24, 2.45) is 11.3 Å². The molecule has 0 saturated carbocycles. The summed E-state index contributed by atoms with van der Waals surface area (Å²) in [4.78, 5) is 28.5. The number of amides is 2. The predicted molar refractivity (Wildman–Crippen MR) is 119 cm³/mol. The van der Waals surface area contributed by atoms with E-state index in [1.165, 1.54) is 4.88 Å². The van der Waals surface area contributed by atoms with Gasteiger partial charge in [-0.1, -0.05) is 42.8 Å². The Morgan fingerprint density at radius 3 is 2.57 bits per heavy atom. The largest absolute Gasteiger partial charge is 0.345 e. The van der Waals surface area contributed by atoms with Gasteiger partial charge < -0.3 is 10.2 Å². The quantitative estimate of drug-likeness (QED) is 0.643. The Morgan fingerprint density at radius 2 is 1.96 bits per heavy atom. The first-order valence-electron chi connectivity index (χ1n) is 9.51. The van der Waals surface area contributed by atoms with Crippen LogP contribution in [0.3, 0.4) is 0 Å². The number of halogens is 1. The number of nitrogens with zero attached hydrogens (tertiary/aromatic N) is 1. The first-order chi connectivity index (χ1) is 13.1. The zero-order valence-corrected chi connectivity index (χ0v) is 19.5. The van der Waals surface area contributed by atoms with E-state index in [1.54, 1.807) is 42.5 Å². The molecule has 1 unspecified atom stereocenters. The van der Waals surface area contributed by atoms with Gasteiger partial charge in [0.05, 0.1) is 5.56 Å². The van der Waals surface area contributed by atoms with Gasteiger partial charge in [0.25, 0.3) is 11.8 Å². The zero-order chi connectivity index (χ0) is 20.6. The van der Waals surface area contributed by atoms with E-state index in [9.17, 15) is 9.59 Å². The Labute approximate surface area is 179 Å². The molecule has 2 amide bonds. The van der Waals surface area contributed by atoms with E-state index in [0.717, 1.165) is 29.3 Å². The van der Waals surface area contributed by atoms with E-state index in [2.05, 4.69) is 42.0 Å². The van der Waals surface area contributed by atoms with Crippen LogP contribution in [0.25, 0.3) is 0 Å². The van der Waals surface area contributed by atoms with Crippen LogP contribution in [-0.2, 0) is 12.8 Å². The number of hydrogen-bond donors (Lipinski definition) is 1. The third-order valence-corrected chi connectivity index (χ3v) is 7.09. The molecule has 1 aromatic heterocycles. The van der Waals surface area contributed by atoms with Gasteiger partial charge in [0.1, 0.15) is 5.00 Å². The molecule has 0 spiro atoms. The summed E-state index contributed by atoms with van der Waals surface area (Å²) in [7, 11) is 3.51. The van der Waals surface area contributed by atoms with E-state index in [1.807, 2.05) is 12.1 Å². The molecule has 28 heavy (non-hydrogen) atoms. The fourth-order valence-corrected chi connectivity index (χ4v) is 5.38. The number of carbonyl (C=O) groups excluding carboxylic acids is 2. The van der Waals surface area contributed by atoms with Crippen LogP contribution in [0.5, 0.6) is 0 Å². The average Bonchev–Trinajstić information content (AvgIpc) is 2.97. The topological polar surface area (TPSA) is 49.4 Å². The SMILES string of the molecule is CN(C)C(=O)c1c(NC(=O)c2cccc(Br)c2)sc2c1CCC(C(C)(C)C)C2. The standard InChI is InChI=1S/C22H27BrN2O2S/c1-22(2,3)14-9-10-16-17(12-14)28-20(18(16)21(27)25(4)5)24-19(26)13-7-6-8-15(23)11-13/h6-8,11,14H,9-10,12H2,1-5H3,(H,24,26). The first kappa shape index (κ1) is 21.1. The van der Waals surface area contributed by atoms with Crippen LogP contribution in [0.15, 0.2) is 28.7 Å². The number of thiophene rings is 1. The number of fused-ring (bicyclic) bond motifs is 1. The fourth-order valence-electron chi connectivity index (χ4n) is 3.67. The highest BCUT2D eigenvalue weighted by Crippen LogP contribution is 2.44. The van der Waals surface area contributed by atoms with Crippen molar-refractivity contribution in [2.75, 3.05) is 19.4 Å². The second kappa shape index (κ2) is 7.99. The van der Waals surface area contributed by atoms with Gasteiger partial charge in [0.2, 0.25) is 0 Å². The van der Waals surface area contributed by atoms with Gasteiger partial charge in [0.15, 0.2) is 0 Å². The molecule has 1 aliphatic rings. The second-order valence-electron chi connectivity index (χ2n) is 8.68. The lowest BCUT2D eigenvalue weighted by Gasteiger charge is -2.34. The second-order valence-corrected chi connectivity index (χ2v) is 10.7. The van der Waals surface area contributed by atoms with Crippen LogP contribution in [0, 0.1) is 11.3 Å². The zero-order valence-electron chi connectivity index (χ0n) is 17.1. The van der Waals surface area contributed by atoms with Gasteiger partial charge in [-0.15, -0.1) is 11.3 Å². The summed E-state index contributed by atoms with van der Waals surface area (Å²) in [5.41, 5.74) is 2.58. The maximum absolute atomic E-state index is 12.9. The number of hydrogen-bond acceptors (Lipinski definition) is 3. The van der Waals surface area contributed by atoms with E-state index < -0.39 is 0 Å². The highest BCUT2D eigenvalue weighted by atomic mass is 79.9. The third kappa shape index (κ3) is 4.33. The third-order valence-electron chi connectivity index (χ3n) is 5.42. The Kier molecular flexibility index (Phi) is 6.01. The van der Waals surface area contributed by atoms with Crippen molar-refractivity contribution in [1.82, 2.24) is 4.90 Å². The van der Waals surface area contributed by atoms with Crippen molar-refractivity contribution in [2.45, 2.75) is 40.0 Å². The van der Waals surface area contributed by atoms with Gasteiger partial charge in [-0.05, 0) is 54.4 Å². The van der Waals surface area contributed by atoms with Crippen LogP contribution in [0.4, 0.5) is 5.00 Å². The minimum Gasteiger partial charge on any atom is -0.345 e. The summed E-state index contributed by atoms with van der Waals surface area (Å²) < 4.78 is 0.850. The molecule has 150 valence electrons. The Hall–Kier alpha value is -1.66. The molecular weight excluding hydrogens is 436 g/mol. The molecule has 0 saturated heterocycles. The Balaban J connectivity index is 1.97. The molecule has 3 rings (SSSR count). The molecule has 4 nitrogen and oxygen atoms in total. The minimum absolute atomic E-state index is 0.0451. The van der Waals surface area contributed by atoms with Crippen LogP contribution in [0.2, 0.25) is 0 Å². The van der Waals surface area contributed by atoms with Gasteiger partial charge in [0, 0.05) is 29.0 Å². The molecule has 1 atom stereocenters. The van der Waals surface area contributed by atoms with E-state index in [0.29, 0.717) is 22.0 Å². The summed E-state index contributed by atoms with van der Waals surface area (Å²) in [5, 5.41) is 3.68. The summed E-state index contributed by atoms with van der Waals surface area (Å²) in [6, 6.07) is 7.27. The van der Waals surface area contributed by atoms with Gasteiger partial charge >= 0.3 is 0 Å². The molecule has 0 bridgehead atoms. The molecule has 2 aromatic rings. The van der Waals surface area contributed by atoms with Crippen molar-refractivity contribution in [3.8, 4) is 0 Å². The lowest BCUT2D eigenvalue weighted by atomic mass is 9.72. The van der Waals surface area contributed by atoms with E-state index in [-0.39, 0.29) is 17.2 Å². The number of nitrogens with one attached hydrogen (secondary N) is 1. The normalized spacial score (nSPS) is 16.4. The number of anilines is 1. The Bertz CT molecular complexity index is 912. The average molecular weight is 463 g/mol. The van der Waals surface area contributed by atoms with Crippen LogP contribution < -0.4 is 5.32 Å². The molecule has 0 aliphatic heterocycles. The van der Waals surface area contributed by atoms with Crippen molar-refractivity contribution in [3.63, 3.8) is 0 Å². The molecular formula is C22H27BrN2O2S. The van der Waals surface area contributed by atoms with Crippen molar-refractivity contribution < 1.29 is 9.59 Å². The number of rotatable bonds is 3. The van der Waals surface area contributed by atoms with Crippen molar-refractivity contribution in [1.29, 1.82) is 0 Å². The predicted octanol–water partition coefficient (Wildman–Crippen LogP) is 5.62. The van der Waals surface area contributed by atoms with E-state index in [4.69, 9.17) is 0 Å². The maximum Gasteiger partial charge on any atom is 0.256 e. The van der Waals surface area contributed by atoms with Gasteiger partial charge in [-0.2, -0.15) is 0 Å². The molecule has 1 aromatic carbocycles. The maximum atomic E-state index is 12.9. The van der Waals surface area contributed by atoms with Crippen LogP contribution in [-0.4, -0.2) is 30.8 Å². The van der Waals surface area contributed by atoms with Gasteiger partial charge in [-0.25, -0.2) is 0 Å². The minimum atomic E-state index is -0.194. The molecule has 6 heteroatoms. The number of carbonyl (C=O) groups is 2. The Morgan fingerprint density at radius 1 is 1.25 bits per heavy atom. The summed E-state index contributed by atoms with van der Waals surface area (Å²) in [5.74, 6) is 0.339. The highest BCUT2D eigenvalue weighted by Gasteiger charge is 2.34. The molecule has 0 fully saturated rings. The van der Waals surface area contributed by atoms with Crippen molar-refractivity contribution in [3.05, 3.63) is 50.3 Å². The highest BCUT2D eigenvalue weighted by molar-refractivity contribution is 9.10. The number of benzene rings is 1. The fraction of sp³-hybridized carbons (Fsp3) is 0.455. The summed E-state index contributed by atoms with van der Waals surface area (Å²) in [6.07, 6.45) is 2.92. The molecule has 0 radical (unpaired) electrons. The van der Waals surface area contributed by atoms with E-state index >= 15 is 0 Å². The molecule has 1 N–H and O–H groups in total. The van der Waals surface area contributed by atoms with Crippen molar-refractivity contribution >= 4 is 44.1 Å².